The van der Waals surface area contributed by atoms with E-state index in [0.29, 0.717) is 18.7 Å². The van der Waals surface area contributed by atoms with Crippen LogP contribution in [0.4, 0.5) is 4.39 Å². The van der Waals surface area contributed by atoms with Crippen molar-refractivity contribution in [2.45, 2.75) is 13.0 Å². The van der Waals surface area contributed by atoms with Gasteiger partial charge in [-0.1, -0.05) is 29.8 Å². The zero-order valence-electron chi connectivity index (χ0n) is 13.0. The van der Waals surface area contributed by atoms with Crippen molar-refractivity contribution in [3.63, 3.8) is 0 Å². The van der Waals surface area contributed by atoms with Crippen molar-refractivity contribution in [3.05, 3.63) is 71.0 Å². The molecule has 1 amide bonds. The average Bonchev–Trinajstić information content (AvgIpc) is 2.55. The highest BCUT2D eigenvalue weighted by Crippen LogP contribution is 2.24. The van der Waals surface area contributed by atoms with Gasteiger partial charge < -0.3 is 10.2 Å². The van der Waals surface area contributed by atoms with Crippen LogP contribution in [0.2, 0.25) is 0 Å². The van der Waals surface area contributed by atoms with Gasteiger partial charge in [-0.3, -0.25) is 4.79 Å². The van der Waals surface area contributed by atoms with Crippen LogP contribution in [0.5, 0.6) is 0 Å². The quantitative estimate of drug-likeness (QED) is 0.913. The highest BCUT2D eigenvalue weighted by atomic mass is 35.5. The van der Waals surface area contributed by atoms with E-state index >= 15 is 0 Å². The lowest BCUT2D eigenvalue weighted by Crippen LogP contribution is -2.48. The summed E-state index contributed by atoms with van der Waals surface area (Å²) in [5.41, 5.74) is 2.63. The summed E-state index contributed by atoms with van der Waals surface area (Å²) in [7, 11) is 0. The fourth-order valence-electron chi connectivity index (χ4n) is 2.82. The largest absolute Gasteiger partial charge is 0.329 e. The summed E-state index contributed by atoms with van der Waals surface area (Å²) in [4.78, 5) is 14.6. The highest BCUT2D eigenvalue weighted by Gasteiger charge is 2.28. The van der Waals surface area contributed by atoms with Gasteiger partial charge in [0.1, 0.15) is 5.82 Å². The molecule has 23 heavy (non-hydrogen) atoms. The predicted octanol–water partition coefficient (Wildman–Crippen LogP) is 3.34. The molecular weight excluding hydrogens is 315 g/mol. The summed E-state index contributed by atoms with van der Waals surface area (Å²) in [5.74, 6) is -0.276. The van der Waals surface area contributed by atoms with Gasteiger partial charge in [-0.15, -0.1) is 12.4 Å². The Hall–Kier alpha value is -1.91. The fraction of sp³-hybridized carbons (Fsp3) is 0.278. The molecule has 0 aliphatic carbocycles. The topological polar surface area (TPSA) is 32.3 Å². The Morgan fingerprint density at radius 1 is 1.22 bits per heavy atom. The monoisotopic (exact) mass is 334 g/mol. The second kappa shape index (κ2) is 7.57. The summed E-state index contributed by atoms with van der Waals surface area (Å²) < 4.78 is 13.5. The lowest BCUT2D eigenvalue weighted by atomic mass is 10.0. The second-order valence-corrected chi connectivity index (χ2v) is 5.64. The molecule has 3 rings (SSSR count). The molecule has 5 heteroatoms. The number of piperazine rings is 1. The van der Waals surface area contributed by atoms with Gasteiger partial charge in [0.05, 0.1) is 6.04 Å². The van der Waals surface area contributed by atoms with Crippen LogP contribution in [-0.2, 0) is 0 Å². The number of amides is 1. The maximum absolute atomic E-state index is 13.5. The molecule has 1 aliphatic heterocycles. The molecule has 0 aromatic heterocycles. The van der Waals surface area contributed by atoms with Crippen molar-refractivity contribution < 1.29 is 9.18 Å². The third-order valence-electron chi connectivity index (χ3n) is 4.04. The van der Waals surface area contributed by atoms with E-state index in [-0.39, 0.29) is 30.2 Å². The van der Waals surface area contributed by atoms with E-state index in [2.05, 4.69) is 5.32 Å². The molecule has 1 unspecified atom stereocenters. The molecule has 1 heterocycles. The van der Waals surface area contributed by atoms with Gasteiger partial charge in [-0.05, 0) is 36.8 Å². The Kier molecular flexibility index (Phi) is 5.74. The van der Waals surface area contributed by atoms with Gasteiger partial charge in [-0.25, -0.2) is 4.39 Å². The summed E-state index contributed by atoms with van der Waals surface area (Å²) in [6, 6.07) is 13.9. The SMILES string of the molecule is Cc1ccc(C(=O)N2CCNCC2c2cccc(F)c2)cc1.Cl. The lowest BCUT2D eigenvalue weighted by molar-refractivity contribution is 0.0634. The van der Waals surface area contributed by atoms with Crippen LogP contribution in [0, 0.1) is 12.7 Å². The number of hydrogen-bond donors (Lipinski definition) is 1. The van der Waals surface area contributed by atoms with Gasteiger partial charge in [-0.2, -0.15) is 0 Å². The molecule has 1 aliphatic rings. The Morgan fingerprint density at radius 3 is 2.65 bits per heavy atom. The third-order valence-corrected chi connectivity index (χ3v) is 4.04. The van der Waals surface area contributed by atoms with Gasteiger partial charge in [0.15, 0.2) is 0 Å². The first-order valence-corrected chi connectivity index (χ1v) is 7.49. The molecule has 1 atom stereocenters. The number of rotatable bonds is 2. The maximum atomic E-state index is 13.5. The molecule has 1 saturated heterocycles. The van der Waals surface area contributed by atoms with E-state index in [1.54, 1.807) is 6.07 Å². The van der Waals surface area contributed by atoms with Crippen molar-refractivity contribution in [2.75, 3.05) is 19.6 Å². The van der Waals surface area contributed by atoms with E-state index < -0.39 is 0 Å². The molecular formula is C18H20ClFN2O. The number of carbonyl (C=O) groups is 1. The van der Waals surface area contributed by atoms with Gasteiger partial charge in [0.25, 0.3) is 5.91 Å². The van der Waals surface area contributed by atoms with Crippen molar-refractivity contribution >= 4 is 18.3 Å². The number of aryl methyl sites for hydroxylation is 1. The number of benzene rings is 2. The Labute approximate surface area is 141 Å². The molecule has 2 aromatic rings. The minimum Gasteiger partial charge on any atom is -0.329 e. The highest BCUT2D eigenvalue weighted by molar-refractivity contribution is 5.94. The molecule has 0 radical (unpaired) electrons. The first-order chi connectivity index (χ1) is 10.6. The van der Waals surface area contributed by atoms with Crippen LogP contribution in [0.25, 0.3) is 0 Å². The van der Waals surface area contributed by atoms with Crippen molar-refractivity contribution in [2.24, 2.45) is 0 Å². The first-order valence-electron chi connectivity index (χ1n) is 7.49. The van der Waals surface area contributed by atoms with Crippen LogP contribution < -0.4 is 5.32 Å². The zero-order chi connectivity index (χ0) is 15.5. The zero-order valence-corrected chi connectivity index (χ0v) is 13.8. The maximum Gasteiger partial charge on any atom is 0.254 e. The Bertz CT molecular complexity index is 675. The number of nitrogens with zero attached hydrogens (tertiary/aromatic N) is 1. The summed E-state index contributed by atoms with van der Waals surface area (Å²) >= 11 is 0. The second-order valence-electron chi connectivity index (χ2n) is 5.64. The molecule has 0 spiro atoms. The predicted molar refractivity (Wildman–Crippen MR) is 91.5 cm³/mol. The molecule has 1 fully saturated rings. The number of carbonyl (C=O) groups excluding carboxylic acids is 1. The van der Waals surface area contributed by atoms with Gasteiger partial charge >= 0.3 is 0 Å². The van der Waals surface area contributed by atoms with Crippen molar-refractivity contribution in [1.82, 2.24) is 10.2 Å². The smallest absolute Gasteiger partial charge is 0.254 e. The molecule has 2 aromatic carbocycles. The molecule has 122 valence electrons. The summed E-state index contributed by atoms with van der Waals surface area (Å²) in [6.45, 7) is 4.01. The molecule has 3 nitrogen and oxygen atoms in total. The number of nitrogens with one attached hydrogen (secondary N) is 1. The van der Waals surface area contributed by atoms with Crippen LogP contribution in [-0.4, -0.2) is 30.4 Å². The van der Waals surface area contributed by atoms with Crippen molar-refractivity contribution in [1.29, 1.82) is 0 Å². The number of halogens is 2. The standard InChI is InChI=1S/C18H19FN2O.ClH/c1-13-5-7-14(8-6-13)18(22)21-10-9-20-12-17(21)15-3-2-4-16(19)11-15;/h2-8,11,17,20H,9-10,12H2,1H3;1H. The normalized spacial score (nSPS) is 17.5. The van der Waals surface area contributed by atoms with E-state index in [0.717, 1.165) is 17.7 Å². The minimum absolute atomic E-state index is 0. The van der Waals surface area contributed by atoms with E-state index in [9.17, 15) is 9.18 Å². The van der Waals surface area contributed by atoms with Gasteiger partial charge in [0.2, 0.25) is 0 Å². The molecule has 0 saturated carbocycles. The van der Waals surface area contributed by atoms with Crippen LogP contribution in [0.3, 0.4) is 0 Å². The lowest BCUT2D eigenvalue weighted by Gasteiger charge is -2.36. The Morgan fingerprint density at radius 2 is 1.96 bits per heavy atom. The Balaban J connectivity index is 0.00000192. The number of hydrogen-bond acceptors (Lipinski definition) is 2. The van der Waals surface area contributed by atoms with Crippen LogP contribution in [0.1, 0.15) is 27.5 Å². The molecule has 1 N–H and O–H groups in total. The molecule has 0 bridgehead atoms. The third kappa shape index (κ3) is 3.89. The fourth-order valence-corrected chi connectivity index (χ4v) is 2.82. The van der Waals surface area contributed by atoms with Crippen LogP contribution in [0.15, 0.2) is 48.5 Å². The summed E-state index contributed by atoms with van der Waals surface area (Å²) in [6.07, 6.45) is 0. The van der Waals surface area contributed by atoms with E-state index in [4.69, 9.17) is 0 Å². The van der Waals surface area contributed by atoms with E-state index in [1.165, 1.54) is 12.1 Å². The minimum atomic E-state index is -0.272. The summed E-state index contributed by atoms with van der Waals surface area (Å²) in [5, 5.41) is 3.28. The van der Waals surface area contributed by atoms with Crippen molar-refractivity contribution in [3.8, 4) is 0 Å². The van der Waals surface area contributed by atoms with Crippen LogP contribution >= 0.6 is 12.4 Å². The van der Waals surface area contributed by atoms with Gasteiger partial charge in [0, 0.05) is 25.2 Å². The van der Waals surface area contributed by atoms with E-state index in [1.807, 2.05) is 42.2 Å². The average molecular weight is 335 g/mol. The first kappa shape index (κ1) is 17.4.